The van der Waals surface area contributed by atoms with Crippen LogP contribution in [0.15, 0.2) is 18.2 Å². The topological polar surface area (TPSA) is 92.8 Å². The first-order valence-corrected chi connectivity index (χ1v) is 5.98. The van der Waals surface area contributed by atoms with E-state index in [-0.39, 0.29) is 24.3 Å². The van der Waals surface area contributed by atoms with E-state index in [4.69, 9.17) is 15.6 Å². The van der Waals surface area contributed by atoms with Crippen molar-refractivity contribution in [2.45, 2.75) is 31.4 Å². The molecule has 0 heterocycles. The minimum absolute atomic E-state index is 0.0921. The molecule has 0 amide bonds. The van der Waals surface area contributed by atoms with Gasteiger partial charge < -0.3 is 20.7 Å². The SMILES string of the molecule is NC1Cc2ccc(O)cc2C1OCCCC(=O)O. The van der Waals surface area contributed by atoms with E-state index in [0.717, 1.165) is 17.5 Å². The molecule has 18 heavy (non-hydrogen) atoms. The lowest BCUT2D eigenvalue weighted by molar-refractivity contribution is -0.137. The Morgan fingerprint density at radius 3 is 3.00 bits per heavy atom. The summed E-state index contributed by atoms with van der Waals surface area (Å²) in [6.45, 7) is 0.361. The fourth-order valence-electron chi connectivity index (χ4n) is 2.27. The zero-order valence-corrected chi connectivity index (χ0v) is 10.0. The van der Waals surface area contributed by atoms with Crippen LogP contribution in [-0.4, -0.2) is 28.8 Å². The molecule has 2 rings (SSSR count). The molecule has 2 unspecified atom stereocenters. The molecule has 1 aliphatic carbocycles. The van der Waals surface area contributed by atoms with E-state index in [1.54, 1.807) is 12.1 Å². The molecule has 0 radical (unpaired) electrons. The van der Waals surface area contributed by atoms with Crippen LogP contribution in [0, 0.1) is 0 Å². The summed E-state index contributed by atoms with van der Waals surface area (Å²) < 4.78 is 5.65. The molecular formula is C13H17NO4. The van der Waals surface area contributed by atoms with Crippen LogP contribution in [0.25, 0.3) is 0 Å². The molecule has 98 valence electrons. The first-order chi connectivity index (χ1) is 8.58. The summed E-state index contributed by atoms with van der Waals surface area (Å²) in [5, 5.41) is 18.0. The van der Waals surface area contributed by atoms with Crippen LogP contribution in [0.2, 0.25) is 0 Å². The van der Waals surface area contributed by atoms with Crippen molar-refractivity contribution >= 4 is 5.97 Å². The number of aromatic hydroxyl groups is 1. The van der Waals surface area contributed by atoms with E-state index in [9.17, 15) is 9.90 Å². The molecule has 1 aromatic carbocycles. The van der Waals surface area contributed by atoms with Gasteiger partial charge in [-0.1, -0.05) is 6.07 Å². The van der Waals surface area contributed by atoms with E-state index in [1.807, 2.05) is 6.07 Å². The maximum absolute atomic E-state index is 10.4. The quantitative estimate of drug-likeness (QED) is 0.684. The Hall–Kier alpha value is -1.59. The second-order valence-corrected chi connectivity index (χ2v) is 4.54. The maximum atomic E-state index is 10.4. The normalized spacial score (nSPS) is 21.8. The first-order valence-electron chi connectivity index (χ1n) is 5.98. The number of benzene rings is 1. The van der Waals surface area contributed by atoms with Gasteiger partial charge in [-0.25, -0.2) is 0 Å². The van der Waals surface area contributed by atoms with Crippen LogP contribution in [0.3, 0.4) is 0 Å². The second-order valence-electron chi connectivity index (χ2n) is 4.54. The third kappa shape index (κ3) is 2.80. The van der Waals surface area contributed by atoms with E-state index in [0.29, 0.717) is 13.0 Å². The summed E-state index contributed by atoms with van der Waals surface area (Å²) in [6, 6.07) is 5.03. The Morgan fingerprint density at radius 1 is 1.50 bits per heavy atom. The lowest BCUT2D eigenvalue weighted by atomic mass is 10.1. The number of hydrogen-bond acceptors (Lipinski definition) is 4. The Bertz CT molecular complexity index is 447. The second kappa shape index (κ2) is 5.37. The minimum Gasteiger partial charge on any atom is -0.508 e. The van der Waals surface area contributed by atoms with Crippen molar-refractivity contribution in [1.29, 1.82) is 0 Å². The summed E-state index contributed by atoms with van der Waals surface area (Å²) in [5.74, 6) is -0.630. The number of phenolic OH excluding ortho intramolecular Hbond substituents is 1. The third-order valence-electron chi connectivity index (χ3n) is 3.11. The fraction of sp³-hybridized carbons (Fsp3) is 0.462. The lowest BCUT2D eigenvalue weighted by Crippen LogP contribution is -2.27. The van der Waals surface area contributed by atoms with Crippen LogP contribution in [0.4, 0.5) is 0 Å². The number of rotatable bonds is 5. The zero-order valence-electron chi connectivity index (χ0n) is 10.0. The van der Waals surface area contributed by atoms with Crippen molar-refractivity contribution in [2.24, 2.45) is 5.73 Å². The summed E-state index contributed by atoms with van der Waals surface area (Å²) in [5.41, 5.74) is 8.00. The Balaban J connectivity index is 1.97. The van der Waals surface area contributed by atoms with Crippen molar-refractivity contribution in [3.63, 3.8) is 0 Å². The maximum Gasteiger partial charge on any atom is 0.303 e. The van der Waals surface area contributed by atoms with Gasteiger partial charge in [-0.15, -0.1) is 0 Å². The van der Waals surface area contributed by atoms with Gasteiger partial charge in [-0.2, -0.15) is 0 Å². The van der Waals surface area contributed by atoms with Gasteiger partial charge in [0.15, 0.2) is 0 Å². The number of carboxylic acids is 1. The van der Waals surface area contributed by atoms with Gasteiger partial charge in [0.25, 0.3) is 0 Å². The van der Waals surface area contributed by atoms with Crippen LogP contribution >= 0.6 is 0 Å². The van der Waals surface area contributed by atoms with Crippen molar-refractivity contribution in [1.82, 2.24) is 0 Å². The van der Waals surface area contributed by atoms with Gasteiger partial charge in [0.1, 0.15) is 5.75 Å². The van der Waals surface area contributed by atoms with E-state index < -0.39 is 5.97 Å². The number of carbonyl (C=O) groups is 1. The smallest absolute Gasteiger partial charge is 0.303 e. The molecule has 5 nitrogen and oxygen atoms in total. The van der Waals surface area contributed by atoms with Crippen molar-refractivity contribution < 1.29 is 19.7 Å². The highest BCUT2D eigenvalue weighted by Gasteiger charge is 2.30. The van der Waals surface area contributed by atoms with Crippen LogP contribution in [0.1, 0.15) is 30.1 Å². The largest absolute Gasteiger partial charge is 0.508 e. The third-order valence-corrected chi connectivity index (χ3v) is 3.11. The number of phenols is 1. The minimum atomic E-state index is -0.827. The van der Waals surface area contributed by atoms with Crippen molar-refractivity contribution in [3.05, 3.63) is 29.3 Å². The zero-order chi connectivity index (χ0) is 13.1. The molecule has 0 aliphatic heterocycles. The highest BCUT2D eigenvalue weighted by Crippen LogP contribution is 2.35. The summed E-state index contributed by atoms with van der Waals surface area (Å²) >= 11 is 0. The number of hydrogen-bond donors (Lipinski definition) is 3. The monoisotopic (exact) mass is 251 g/mol. The molecular weight excluding hydrogens is 234 g/mol. The molecule has 1 aliphatic rings. The molecule has 2 atom stereocenters. The molecule has 0 spiro atoms. The standard InChI is InChI=1S/C13H17NO4/c14-11-6-8-3-4-9(15)7-10(8)13(11)18-5-1-2-12(16)17/h3-4,7,11,13,15H,1-2,5-6,14H2,(H,16,17). The van der Waals surface area contributed by atoms with Gasteiger partial charge in [0.05, 0.1) is 6.10 Å². The van der Waals surface area contributed by atoms with E-state index in [1.165, 1.54) is 0 Å². The summed E-state index contributed by atoms with van der Waals surface area (Å²) in [4.78, 5) is 10.4. The molecule has 1 aromatic rings. The number of carboxylic acid groups (broad SMARTS) is 1. The van der Waals surface area contributed by atoms with Gasteiger partial charge >= 0.3 is 5.97 Å². The average molecular weight is 251 g/mol. The number of aliphatic carboxylic acids is 1. The average Bonchev–Trinajstić information content (AvgIpc) is 2.60. The molecule has 4 N–H and O–H groups in total. The summed E-state index contributed by atoms with van der Waals surface area (Å²) in [6.07, 6.45) is 1.03. The molecule has 0 fully saturated rings. The number of fused-ring (bicyclic) bond motifs is 1. The van der Waals surface area contributed by atoms with E-state index >= 15 is 0 Å². The lowest BCUT2D eigenvalue weighted by Gasteiger charge is -2.17. The first kappa shape index (κ1) is 12.9. The highest BCUT2D eigenvalue weighted by atomic mass is 16.5. The van der Waals surface area contributed by atoms with Crippen LogP contribution < -0.4 is 5.73 Å². The van der Waals surface area contributed by atoms with Crippen LogP contribution in [-0.2, 0) is 16.0 Å². The van der Waals surface area contributed by atoms with Crippen LogP contribution in [0.5, 0.6) is 5.75 Å². The van der Waals surface area contributed by atoms with E-state index in [2.05, 4.69) is 0 Å². The predicted molar refractivity (Wildman–Crippen MR) is 65.3 cm³/mol. The Kier molecular flexibility index (Phi) is 3.84. The van der Waals surface area contributed by atoms with Crippen molar-refractivity contribution in [3.8, 4) is 5.75 Å². The Morgan fingerprint density at radius 2 is 2.28 bits per heavy atom. The Labute approximate surface area is 105 Å². The van der Waals surface area contributed by atoms with Gasteiger partial charge in [0.2, 0.25) is 0 Å². The summed E-state index contributed by atoms with van der Waals surface area (Å²) in [7, 11) is 0. The van der Waals surface area contributed by atoms with Gasteiger partial charge in [-0.3, -0.25) is 4.79 Å². The molecule has 0 bridgehead atoms. The molecule has 0 aromatic heterocycles. The van der Waals surface area contributed by atoms with Gasteiger partial charge in [-0.05, 0) is 36.1 Å². The van der Waals surface area contributed by atoms with Crippen molar-refractivity contribution in [2.75, 3.05) is 6.61 Å². The number of nitrogens with two attached hydrogens (primary N) is 1. The predicted octanol–water partition coefficient (Wildman–Crippen LogP) is 1.20. The molecule has 5 heteroatoms. The fourth-order valence-corrected chi connectivity index (χ4v) is 2.27. The molecule has 0 saturated carbocycles. The van der Waals surface area contributed by atoms with Gasteiger partial charge in [0, 0.05) is 19.1 Å². The number of ether oxygens (including phenoxy) is 1. The highest BCUT2D eigenvalue weighted by molar-refractivity contribution is 5.66. The molecule has 0 saturated heterocycles.